The van der Waals surface area contributed by atoms with Crippen molar-refractivity contribution in [3.05, 3.63) is 71.0 Å². The molecule has 0 fully saturated rings. The first-order valence-corrected chi connectivity index (χ1v) is 10.8. The summed E-state index contributed by atoms with van der Waals surface area (Å²) in [5, 5.41) is 1.03. The fraction of sp³-hybridized carbons (Fsp3) is 0.174. The third-order valence-electron chi connectivity index (χ3n) is 4.87. The van der Waals surface area contributed by atoms with E-state index in [1.807, 2.05) is 12.1 Å². The molecule has 164 valence electrons. The molecular weight excluding hydrogens is 450 g/mol. The molecule has 32 heavy (non-hydrogen) atoms. The number of benzene rings is 2. The normalized spacial score (nSPS) is 10.8. The molecule has 0 spiro atoms. The zero-order valence-corrected chi connectivity index (χ0v) is 19.2. The van der Waals surface area contributed by atoms with Gasteiger partial charge in [-0.1, -0.05) is 22.9 Å². The number of carbonyl (C=O) groups excluding carboxylic acids is 1. The van der Waals surface area contributed by atoms with Gasteiger partial charge in [0.15, 0.2) is 5.13 Å². The average molecular weight is 470 g/mol. The number of anilines is 1. The van der Waals surface area contributed by atoms with E-state index in [4.69, 9.17) is 30.8 Å². The van der Waals surface area contributed by atoms with Crippen molar-refractivity contribution in [2.24, 2.45) is 0 Å². The second-order valence-corrected chi connectivity index (χ2v) is 8.12. The van der Waals surface area contributed by atoms with E-state index in [1.54, 1.807) is 61.8 Å². The number of methoxy groups -OCH3 is 3. The topological polar surface area (TPSA) is 73.8 Å². The minimum absolute atomic E-state index is 0.279. The summed E-state index contributed by atoms with van der Waals surface area (Å²) in [5.41, 5.74) is 1.86. The Labute approximate surface area is 194 Å². The van der Waals surface area contributed by atoms with Gasteiger partial charge in [-0.2, -0.15) is 0 Å². The highest BCUT2D eigenvalue weighted by Gasteiger charge is 2.26. The smallest absolute Gasteiger partial charge is 0.264 e. The molecule has 0 N–H and O–H groups in total. The highest BCUT2D eigenvalue weighted by molar-refractivity contribution is 7.23. The van der Waals surface area contributed by atoms with Crippen LogP contribution in [-0.2, 0) is 6.54 Å². The van der Waals surface area contributed by atoms with Crippen molar-refractivity contribution in [1.82, 2.24) is 9.97 Å². The standard InChI is InChI=1S/C23H20ClN3O4S/c1-29-15-4-6-18(30-2)16(12-15)22(28)27(13-14-8-10-25-11-9-14)23-26-20-19(31-3)7-5-17(24)21(20)32-23/h4-12H,13H2,1-3H3. The molecule has 2 aromatic carbocycles. The van der Waals surface area contributed by atoms with Crippen molar-refractivity contribution in [2.75, 3.05) is 26.2 Å². The molecule has 9 heteroatoms. The van der Waals surface area contributed by atoms with Crippen LogP contribution in [0.1, 0.15) is 15.9 Å². The molecule has 2 aromatic heterocycles. The number of thiazole rings is 1. The average Bonchev–Trinajstić information content (AvgIpc) is 3.28. The van der Waals surface area contributed by atoms with E-state index in [9.17, 15) is 4.79 Å². The minimum atomic E-state index is -0.285. The summed E-state index contributed by atoms with van der Waals surface area (Å²) in [6.45, 7) is 0.279. The number of pyridine rings is 1. The van der Waals surface area contributed by atoms with Crippen molar-refractivity contribution in [3.63, 3.8) is 0 Å². The van der Waals surface area contributed by atoms with E-state index in [2.05, 4.69) is 4.98 Å². The summed E-state index contributed by atoms with van der Waals surface area (Å²) in [6, 6.07) is 12.3. The summed E-state index contributed by atoms with van der Waals surface area (Å²) in [5.74, 6) is 1.29. The maximum absolute atomic E-state index is 13.8. The van der Waals surface area contributed by atoms with E-state index in [0.29, 0.717) is 38.5 Å². The molecule has 0 saturated heterocycles. The highest BCUT2D eigenvalue weighted by Crippen LogP contribution is 2.40. The molecule has 2 heterocycles. The summed E-state index contributed by atoms with van der Waals surface area (Å²) < 4.78 is 17.0. The van der Waals surface area contributed by atoms with Gasteiger partial charge in [0.2, 0.25) is 0 Å². The number of hydrogen-bond donors (Lipinski definition) is 0. The van der Waals surface area contributed by atoms with Crippen LogP contribution < -0.4 is 19.1 Å². The Bertz CT molecular complexity index is 1260. The van der Waals surface area contributed by atoms with Crippen LogP contribution in [0.4, 0.5) is 5.13 Å². The van der Waals surface area contributed by atoms with Crippen LogP contribution >= 0.6 is 22.9 Å². The number of ether oxygens (including phenoxy) is 3. The number of rotatable bonds is 7. The van der Waals surface area contributed by atoms with Gasteiger partial charge in [0, 0.05) is 12.4 Å². The zero-order chi connectivity index (χ0) is 22.7. The van der Waals surface area contributed by atoms with Crippen molar-refractivity contribution in [1.29, 1.82) is 0 Å². The Kier molecular flexibility index (Phi) is 6.43. The molecule has 0 aliphatic carbocycles. The fourth-order valence-electron chi connectivity index (χ4n) is 3.25. The van der Waals surface area contributed by atoms with Crippen LogP contribution in [0.5, 0.6) is 17.2 Å². The van der Waals surface area contributed by atoms with Gasteiger partial charge in [0.25, 0.3) is 5.91 Å². The summed E-state index contributed by atoms with van der Waals surface area (Å²) in [7, 11) is 4.64. The van der Waals surface area contributed by atoms with Gasteiger partial charge in [-0.05, 0) is 48.0 Å². The van der Waals surface area contributed by atoms with Crippen LogP contribution in [-0.4, -0.2) is 37.2 Å². The molecule has 0 aliphatic rings. The molecule has 4 rings (SSSR count). The predicted molar refractivity (Wildman–Crippen MR) is 125 cm³/mol. The van der Waals surface area contributed by atoms with E-state index < -0.39 is 0 Å². The Morgan fingerprint density at radius 1 is 1.00 bits per heavy atom. The lowest BCUT2D eigenvalue weighted by atomic mass is 10.1. The van der Waals surface area contributed by atoms with E-state index >= 15 is 0 Å². The number of halogens is 1. The number of aromatic nitrogens is 2. The Morgan fingerprint density at radius 3 is 2.41 bits per heavy atom. The van der Waals surface area contributed by atoms with Crippen LogP contribution in [0.2, 0.25) is 5.02 Å². The number of fused-ring (bicyclic) bond motifs is 1. The number of amides is 1. The minimum Gasteiger partial charge on any atom is -0.497 e. The lowest BCUT2D eigenvalue weighted by Crippen LogP contribution is -2.30. The maximum Gasteiger partial charge on any atom is 0.264 e. The number of carbonyl (C=O) groups is 1. The third kappa shape index (κ3) is 4.19. The molecule has 4 aromatic rings. The van der Waals surface area contributed by atoms with Gasteiger partial charge in [0.05, 0.1) is 43.2 Å². The van der Waals surface area contributed by atoms with Gasteiger partial charge in [-0.25, -0.2) is 4.98 Å². The third-order valence-corrected chi connectivity index (χ3v) is 6.41. The molecule has 0 saturated carbocycles. The summed E-state index contributed by atoms with van der Waals surface area (Å²) >= 11 is 7.74. The number of hydrogen-bond acceptors (Lipinski definition) is 7. The Balaban J connectivity index is 1.86. The first-order valence-electron chi connectivity index (χ1n) is 9.61. The van der Waals surface area contributed by atoms with Gasteiger partial charge < -0.3 is 14.2 Å². The second-order valence-electron chi connectivity index (χ2n) is 6.74. The van der Waals surface area contributed by atoms with Crippen LogP contribution in [0.15, 0.2) is 54.9 Å². The molecular formula is C23H20ClN3O4S. The number of nitrogens with zero attached hydrogens (tertiary/aromatic N) is 3. The van der Waals surface area contributed by atoms with Crippen LogP contribution in [0, 0.1) is 0 Å². The summed E-state index contributed by atoms with van der Waals surface area (Å²) in [4.78, 5) is 24.2. The fourth-order valence-corrected chi connectivity index (χ4v) is 4.50. The van der Waals surface area contributed by atoms with E-state index in [1.165, 1.54) is 18.4 Å². The SMILES string of the molecule is COc1ccc(OC)c(C(=O)N(Cc2ccncc2)c2nc3c(OC)ccc(Cl)c3s2)c1. The van der Waals surface area contributed by atoms with Crippen molar-refractivity contribution in [3.8, 4) is 17.2 Å². The highest BCUT2D eigenvalue weighted by atomic mass is 35.5. The van der Waals surface area contributed by atoms with Crippen molar-refractivity contribution < 1.29 is 19.0 Å². The van der Waals surface area contributed by atoms with Gasteiger partial charge in [0.1, 0.15) is 22.8 Å². The quantitative estimate of drug-likeness (QED) is 0.369. The summed E-state index contributed by atoms with van der Waals surface area (Å²) in [6.07, 6.45) is 3.37. The van der Waals surface area contributed by atoms with E-state index in [0.717, 1.165) is 10.3 Å². The molecule has 0 radical (unpaired) electrons. The Hall–Kier alpha value is -3.36. The maximum atomic E-state index is 13.8. The predicted octanol–water partition coefficient (Wildman–Crippen LogP) is 5.22. The molecule has 1 amide bonds. The lowest BCUT2D eigenvalue weighted by molar-refractivity contribution is 0.0982. The van der Waals surface area contributed by atoms with Crippen LogP contribution in [0.3, 0.4) is 0 Å². The second kappa shape index (κ2) is 9.42. The van der Waals surface area contributed by atoms with Gasteiger partial charge in [-0.3, -0.25) is 14.7 Å². The van der Waals surface area contributed by atoms with Gasteiger partial charge >= 0.3 is 0 Å². The molecule has 0 aliphatic heterocycles. The van der Waals surface area contributed by atoms with Crippen molar-refractivity contribution in [2.45, 2.75) is 6.54 Å². The molecule has 7 nitrogen and oxygen atoms in total. The first kappa shape index (κ1) is 21.9. The van der Waals surface area contributed by atoms with E-state index in [-0.39, 0.29) is 12.5 Å². The first-order chi connectivity index (χ1) is 15.5. The Morgan fingerprint density at radius 2 is 1.72 bits per heavy atom. The van der Waals surface area contributed by atoms with Crippen LogP contribution in [0.25, 0.3) is 10.2 Å². The van der Waals surface area contributed by atoms with Gasteiger partial charge in [-0.15, -0.1) is 0 Å². The largest absolute Gasteiger partial charge is 0.497 e. The molecule has 0 atom stereocenters. The molecule has 0 bridgehead atoms. The molecule has 0 unspecified atom stereocenters. The zero-order valence-electron chi connectivity index (χ0n) is 17.7. The van der Waals surface area contributed by atoms with Crippen molar-refractivity contribution >= 4 is 44.2 Å². The lowest BCUT2D eigenvalue weighted by Gasteiger charge is -2.21. The monoisotopic (exact) mass is 469 g/mol.